The van der Waals surface area contributed by atoms with Gasteiger partial charge in [0.15, 0.2) is 0 Å². The molecule has 0 radical (unpaired) electrons. The second-order valence-electron chi connectivity index (χ2n) is 6.83. The third-order valence-corrected chi connectivity index (χ3v) is 162. The van der Waals surface area contributed by atoms with Crippen LogP contribution >= 0.6 is 111 Å². The smallest absolute Gasteiger partial charge is 0.192 e. The van der Waals surface area contributed by atoms with Crippen molar-refractivity contribution in [1.82, 2.24) is 0 Å². The van der Waals surface area contributed by atoms with Crippen molar-refractivity contribution in [3.8, 4) is 12.1 Å². The molecule has 1 fully saturated rings. The molecule has 1 heterocycles. The third-order valence-electron chi connectivity index (χ3n) is 4.33. The molecule has 2 aromatic carbocycles. The molecule has 2 aromatic rings. The van der Waals surface area contributed by atoms with Gasteiger partial charge < -0.3 is 0 Å². The summed E-state index contributed by atoms with van der Waals surface area (Å²) < 4.78 is 0. The van der Waals surface area contributed by atoms with Crippen LogP contribution in [0.1, 0.15) is 22.3 Å². The lowest BCUT2D eigenvalue weighted by Gasteiger charge is -2.27. The Bertz CT molecular complexity index is 902. The highest BCUT2D eigenvalue weighted by atomic mass is 35.8. The Morgan fingerprint density at radius 3 is 0.788 bits per heavy atom. The van der Waals surface area contributed by atoms with Crippen LogP contribution in [0.2, 0.25) is 0 Å². The van der Waals surface area contributed by atoms with Gasteiger partial charge in [-0.15, -0.1) is 111 Å². The van der Waals surface area contributed by atoms with E-state index in [9.17, 15) is 0 Å². The van der Waals surface area contributed by atoms with Crippen molar-refractivity contribution >= 4 is 139 Å². The molecule has 0 N–H and O–H groups in total. The number of hydrogen-bond donors (Lipinski definition) is 0. The van der Waals surface area contributed by atoms with E-state index in [-0.39, 0.29) is 0 Å². The monoisotopic (exact) mass is 724 g/mol. The zero-order valence-electron chi connectivity index (χ0n) is 16.8. The summed E-state index contributed by atoms with van der Waals surface area (Å²) in [5.74, 6) is 0. The lowest BCUT2D eigenvalue weighted by atomic mass is 10.2. The van der Waals surface area contributed by atoms with E-state index in [0.29, 0.717) is 0 Å². The van der Waals surface area contributed by atoms with Crippen molar-refractivity contribution < 1.29 is 0 Å². The molecule has 1 aliphatic rings. The molecular formula is C16H14Cl10N2Si5. The van der Waals surface area contributed by atoms with Crippen molar-refractivity contribution in [1.29, 1.82) is 10.5 Å². The maximum absolute atomic E-state index is 8.38. The summed E-state index contributed by atoms with van der Waals surface area (Å²) in [6.07, 6.45) is 0. The number of hydrogen-bond acceptors (Lipinski definition) is 2. The molecule has 0 unspecified atom stereocenters. The molecular weight excluding hydrogens is 715 g/mol. The van der Waals surface area contributed by atoms with Crippen LogP contribution in [-0.2, 0) is 0 Å². The Hall–Kier alpha value is 1.40. The van der Waals surface area contributed by atoms with Crippen LogP contribution in [0.15, 0.2) is 48.5 Å². The van der Waals surface area contributed by atoms with Gasteiger partial charge >= 0.3 is 0 Å². The van der Waals surface area contributed by atoms with Crippen LogP contribution in [0.3, 0.4) is 0 Å². The van der Waals surface area contributed by atoms with Gasteiger partial charge in [0.1, 0.15) is 0 Å². The maximum atomic E-state index is 8.38. The summed E-state index contributed by atoms with van der Waals surface area (Å²) in [6.45, 7) is 4.00. The van der Waals surface area contributed by atoms with Crippen molar-refractivity contribution in [2.75, 3.05) is 0 Å². The van der Waals surface area contributed by atoms with Gasteiger partial charge in [0.25, 0.3) is 28.6 Å². The fourth-order valence-corrected chi connectivity index (χ4v) is 241. The van der Waals surface area contributed by atoms with E-state index in [0.717, 1.165) is 11.1 Å². The molecule has 0 aromatic heterocycles. The highest BCUT2D eigenvalue weighted by Gasteiger charge is 2.95. The molecule has 0 atom stereocenters. The largest absolute Gasteiger partial charge is 0.295 e. The maximum Gasteiger partial charge on any atom is 0.295 e. The van der Waals surface area contributed by atoms with E-state index in [2.05, 4.69) is 12.1 Å². The number of halogens is 10. The average molecular weight is 729 g/mol. The Kier molecular flexibility index (Phi) is 12.1. The molecule has 0 saturated carbocycles. The highest BCUT2D eigenvalue weighted by Crippen LogP contribution is 2.65. The molecule has 1 aliphatic heterocycles. The number of rotatable bonds is 0. The SMILES string of the molecule is Cc1ccc(C#N)cc1.Cc1ccc(C#N)cc1.Cl[Si]1(Cl)[Si](Cl)(Cl)[Si](Cl)(Cl)[Si](Cl)(Cl)[Si]1(Cl)Cl. The lowest BCUT2D eigenvalue weighted by Crippen LogP contribution is -2.60. The number of benzene rings is 2. The van der Waals surface area contributed by atoms with Gasteiger partial charge in [-0.05, 0) is 38.1 Å². The molecule has 3 rings (SSSR count). The molecule has 0 aliphatic carbocycles. The first kappa shape index (κ1) is 32.4. The van der Waals surface area contributed by atoms with E-state index in [1.165, 1.54) is 11.1 Å². The van der Waals surface area contributed by atoms with Gasteiger partial charge in [-0.25, -0.2) is 0 Å². The van der Waals surface area contributed by atoms with Gasteiger partial charge in [0.05, 0.1) is 23.3 Å². The minimum absolute atomic E-state index is 0.723. The minimum atomic E-state index is -3.39. The van der Waals surface area contributed by atoms with Crippen LogP contribution in [0.5, 0.6) is 0 Å². The molecule has 2 nitrogen and oxygen atoms in total. The molecule has 1 saturated heterocycles. The molecule has 0 spiro atoms. The zero-order valence-corrected chi connectivity index (χ0v) is 29.4. The van der Waals surface area contributed by atoms with Crippen LogP contribution in [0.25, 0.3) is 0 Å². The van der Waals surface area contributed by atoms with Gasteiger partial charge in [-0.3, -0.25) is 0 Å². The second-order valence-corrected chi connectivity index (χ2v) is 81.5. The summed E-state index contributed by atoms with van der Waals surface area (Å²) in [7, 11) is 0. The van der Waals surface area contributed by atoms with E-state index < -0.39 is 28.6 Å². The zero-order chi connectivity index (χ0) is 25.9. The normalized spacial score (nSPS) is 20.1. The molecule has 178 valence electrons. The number of aryl methyl sites for hydroxylation is 2. The lowest BCUT2D eigenvalue weighted by molar-refractivity contribution is 1.43. The van der Waals surface area contributed by atoms with Gasteiger partial charge in [-0.1, -0.05) is 35.4 Å². The minimum Gasteiger partial charge on any atom is -0.192 e. The number of nitrogens with zero attached hydrogens (tertiary/aromatic N) is 2. The quantitative estimate of drug-likeness (QED) is 0.201. The standard InChI is InChI=1S/2C8H7N.Cl10Si5/c2*1-7-2-4-8(6-9)5-3-7;1-11(2)12(3,4)14(7,8)15(9,10)13(11,5)6/h2*2-5H,1H3;. The Labute approximate surface area is 244 Å². The van der Waals surface area contributed by atoms with Gasteiger partial charge in [-0.2, -0.15) is 10.5 Å². The summed E-state index contributed by atoms with van der Waals surface area (Å²) in [4.78, 5) is 0. The third kappa shape index (κ3) is 6.65. The summed E-state index contributed by atoms with van der Waals surface area (Å²) in [5, 5.41) is 16.8. The predicted octanol–water partition coefficient (Wildman–Crippen LogP) is 8.72. The molecule has 33 heavy (non-hydrogen) atoms. The Balaban J connectivity index is 0.000000261. The van der Waals surface area contributed by atoms with Crippen molar-refractivity contribution in [2.24, 2.45) is 0 Å². The number of nitriles is 2. The first-order valence-electron chi connectivity index (χ1n) is 8.73. The van der Waals surface area contributed by atoms with Gasteiger partial charge in [0, 0.05) is 0 Å². The molecule has 17 heteroatoms. The average Bonchev–Trinajstić information content (AvgIpc) is 2.79. The van der Waals surface area contributed by atoms with Crippen molar-refractivity contribution in [2.45, 2.75) is 13.8 Å². The molecule has 0 bridgehead atoms. The summed E-state index contributed by atoms with van der Waals surface area (Å²) in [6, 6.07) is 19.1. The van der Waals surface area contributed by atoms with Crippen LogP contribution in [-0.4, -0.2) is 28.6 Å². The van der Waals surface area contributed by atoms with Crippen molar-refractivity contribution in [3.05, 3.63) is 70.8 Å². The van der Waals surface area contributed by atoms with Crippen LogP contribution in [0.4, 0.5) is 0 Å². The van der Waals surface area contributed by atoms with Gasteiger partial charge in [0.2, 0.25) is 0 Å². The van der Waals surface area contributed by atoms with Crippen LogP contribution < -0.4 is 0 Å². The Morgan fingerprint density at radius 1 is 0.455 bits per heavy atom. The van der Waals surface area contributed by atoms with Crippen LogP contribution in [0, 0.1) is 36.5 Å². The fraction of sp³-hybridized carbons (Fsp3) is 0.125. The van der Waals surface area contributed by atoms with Crippen molar-refractivity contribution in [3.63, 3.8) is 0 Å². The first-order valence-corrected chi connectivity index (χ1v) is 33.8. The predicted molar refractivity (Wildman–Crippen MR) is 159 cm³/mol. The Morgan fingerprint density at radius 2 is 0.636 bits per heavy atom. The summed E-state index contributed by atoms with van der Waals surface area (Å²) in [5.41, 5.74) is -13.1. The molecule has 0 amide bonds. The van der Waals surface area contributed by atoms with E-state index in [4.69, 9.17) is 121 Å². The fourth-order valence-electron chi connectivity index (χ4n) is 2.24. The van der Waals surface area contributed by atoms with E-state index >= 15 is 0 Å². The van der Waals surface area contributed by atoms with E-state index in [1.807, 2.05) is 62.4 Å². The second kappa shape index (κ2) is 12.3. The summed E-state index contributed by atoms with van der Waals surface area (Å²) >= 11 is 61.5. The van der Waals surface area contributed by atoms with E-state index in [1.54, 1.807) is 0 Å². The highest BCUT2D eigenvalue weighted by molar-refractivity contribution is 8.52. The first-order chi connectivity index (χ1) is 14.9. The topological polar surface area (TPSA) is 47.6 Å².